The van der Waals surface area contributed by atoms with E-state index in [0.717, 1.165) is 45.0 Å². The highest BCUT2D eigenvalue weighted by atomic mass is 16.7. The van der Waals surface area contributed by atoms with Crippen molar-refractivity contribution in [3.63, 3.8) is 0 Å². The molecule has 1 aromatic rings. The van der Waals surface area contributed by atoms with Crippen LogP contribution in [0.3, 0.4) is 0 Å². The van der Waals surface area contributed by atoms with E-state index in [2.05, 4.69) is 10.2 Å². The number of carbonyl (C=O) groups is 2. The Labute approximate surface area is 164 Å². The standard InChI is InChI=1S/C19H26N4O5/c24-18(20-4-1-5-21-8-10-26-11-9-21)13-22-6-7-23(19(22)25)15-2-3-16-17(12-15)28-14-27-16/h2-3,12H,1,4-11,13-14H2,(H,20,24). The SMILES string of the molecule is O=C(CN1CCN(c2ccc3c(c2)OCO3)C1=O)NCCCN1CCOCC1. The largest absolute Gasteiger partial charge is 0.454 e. The number of rotatable bonds is 7. The van der Waals surface area contributed by atoms with Gasteiger partial charge >= 0.3 is 6.03 Å². The fraction of sp³-hybridized carbons (Fsp3) is 0.579. The summed E-state index contributed by atoms with van der Waals surface area (Å²) in [5, 5.41) is 2.91. The molecule has 152 valence electrons. The van der Waals surface area contributed by atoms with E-state index in [0.29, 0.717) is 31.1 Å². The van der Waals surface area contributed by atoms with Crippen molar-refractivity contribution in [2.24, 2.45) is 0 Å². The van der Waals surface area contributed by atoms with Crippen molar-refractivity contribution in [2.45, 2.75) is 6.42 Å². The molecule has 0 atom stereocenters. The zero-order valence-corrected chi connectivity index (χ0v) is 15.9. The summed E-state index contributed by atoms with van der Waals surface area (Å²) in [6, 6.07) is 5.27. The van der Waals surface area contributed by atoms with Crippen molar-refractivity contribution in [3.05, 3.63) is 18.2 Å². The van der Waals surface area contributed by atoms with E-state index in [1.54, 1.807) is 21.9 Å². The first-order valence-electron chi connectivity index (χ1n) is 9.73. The molecule has 0 radical (unpaired) electrons. The molecule has 3 heterocycles. The molecule has 4 rings (SSSR count). The molecular formula is C19H26N4O5. The molecule has 0 aromatic heterocycles. The van der Waals surface area contributed by atoms with E-state index in [-0.39, 0.29) is 25.3 Å². The van der Waals surface area contributed by atoms with Crippen LogP contribution >= 0.6 is 0 Å². The molecule has 3 aliphatic rings. The van der Waals surface area contributed by atoms with Crippen molar-refractivity contribution in [1.82, 2.24) is 15.1 Å². The van der Waals surface area contributed by atoms with Crippen molar-refractivity contribution >= 4 is 17.6 Å². The Morgan fingerprint density at radius 1 is 1.07 bits per heavy atom. The van der Waals surface area contributed by atoms with Gasteiger partial charge in [0.25, 0.3) is 0 Å². The van der Waals surface area contributed by atoms with Crippen LogP contribution < -0.4 is 19.7 Å². The van der Waals surface area contributed by atoms with Gasteiger partial charge in [0.1, 0.15) is 6.54 Å². The molecular weight excluding hydrogens is 364 g/mol. The van der Waals surface area contributed by atoms with E-state index in [4.69, 9.17) is 14.2 Å². The second-order valence-electron chi connectivity index (χ2n) is 7.05. The number of nitrogens with one attached hydrogen (secondary N) is 1. The first-order chi connectivity index (χ1) is 13.7. The second kappa shape index (κ2) is 8.66. The predicted molar refractivity (Wildman–Crippen MR) is 102 cm³/mol. The first kappa shape index (κ1) is 18.8. The molecule has 0 spiro atoms. The Hall–Kier alpha value is -2.52. The van der Waals surface area contributed by atoms with Crippen LogP contribution in [0.5, 0.6) is 11.5 Å². The number of fused-ring (bicyclic) bond motifs is 1. The highest BCUT2D eigenvalue weighted by Crippen LogP contribution is 2.36. The number of anilines is 1. The molecule has 9 heteroatoms. The van der Waals surface area contributed by atoms with Gasteiger partial charge < -0.3 is 24.4 Å². The molecule has 28 heavy (non-hydrogen) atoms. The summed E-state index contributed by atoms with van der Waals surface area (Å²) in [5.74, 6) is 1.20. The fourth-order valence-corrected chi connectivity index (χ4v) is 3.61. The minimum absolute atomic E-state index is 0.0808. The maximum Gasteiger partial charge on any atom is 0.325 e. The van der Waals surface area contributed by atoms with Gasteiger partial charge in [-0.15, -0.1) is 0 Å². The van der Waals surface area contributed by atoms with Crippen LogP contribution in [-0.4, -0.2) is 87.6 Å². The number of morpholine rings is 1. The van der Waals surface area contributed by atoms with E-state index in [1.165, 1.54) is 0 Å². The molecule has 3 amide bonds. The van der Waals surface area contributed by atoms with Crippen LogP contribution in [0.1, 0.15) is 6.42 Å². The van der Waals surface area contributed by atoms with Gasteiger partial charge in [0.05, 0.1) is 13.2 Å². The third-order valence-electron chi connectivity index (χ3n) is 5.17. The third kappa shape index (κ3) is 4.31. The molecule has 0 bridgehead atoms. The minimum atomic E-state index is -0.165. The maximum atomic E-state index is 12.7. The summed E-state index contributed by atoms with van der Waals surface area (Å²) >= 11 is 0. The van der Waals surface area contributed by atoms with Gasteiger partial charge in [-0.1, -0.05) is 0 Å². The van der Waals surface area contributed by atoms with Crippen molar-refractivity contribution in [2.75, 3.05) is 70.7 Å². The smallest absolute Gasteiger partial charge is 0.325 e. The van der Waals surface area contributed by atoms with Crippen LogP contribution in [0.2, 0.25) is 0 Å². The summed E-state index contributed by atoms with van der Waals surface area (Å²) in [6.45, 7) is 6.37. The number of carbonyl (C=O) groups excluding carboxylic acids is 2. The third-order valence-corrected chi connectivity index (χ3v) is 5.17. The molecule has 2 fully saturated rings. The van der Waals surface area contributed by atoms with E-state index >= 15 is 0 Å². The summed E-state index contributed by atoms with van der Waals surface area (Å²) in [7, 11) is 0. The molecule has 1 N–H and O–H groups in total. The lowest BCUT2D eigenvalue weighted by Gasteiger charge is -2.26. The van der Waals surface area contributed by atoms with Crippen LogP contribution in [0.4, 0.5) is 10.5 Å². The molecule has 0 unspecified atom stereocenters. The maximum absolute atomic E-state index is 12.7. The van der Waals surface area contributed by atoms with E-state index in [9.17, 15) is 9.59 Å². The average molecular weight is 390 g/mol. The van der Waals surface area contributed by atoms with Gasteiger partial charge in [0, 0.05) is 44.5 Å². The Bertz CT molecular complexity index is 722. The number of urea groups is 1. The summed E-state index contributed by atoms with van der Waals surface area (Å²) in [5.41, 5.74) is 0.752. The number of amides is 3. The average Bonchev–Trinajstić information content (AvgIpc) is 3.32. The zero-order valence-electron chi connectivity index (χ0n) is 15.9. The molecule has 1 aromatic carbocycles. The lowest BCUT2D eigenvalue weighted by Crippen LogP contribution is -2.41. The lowest BCUT2D eigenvalue weighted by atomic mass is 10.2. The zero-order chi connectivity index (χ0) is 19.3. The monoisotopic (exact) mass is 390 g/mol. The molecule has 0 aliphatic carbocycles. The Morgan fingerprint density at radius 3 is 2.75 bits per heavy atom. The first-order valence-corrected chi connectivity index (χ1v) is 9.73. The van der Waals surface area contributed by atoms with Gasteiger partial charge in [-0.2, -0.15) is 0 Å². The molecule has 0 saturated carbocycles. The molecule has 2 saturated heterocycles. The van der Waals surface area contributed by atoms with Gasteiger partial charge in [-0.25, -0.2) is 4.79 Å². The van der Waals surface area contributed by atoms with Crippen LogP contribution in [0.15, 0.2) is 18.2 Å². The highest BCUT2D eigenvalue weighted by Gasteiger charge is 2.31. The number of hydrogen-bond donors (Lipinski definition) is 1. The summed E-state index contributed by atoms with van der Waals surface area (Å²) in [6.07, 6.45) is 0.892. The second-order valence-corrected chi connectivity index (χ2v) is 7.05. The van der Waals surface area contributed by atoms with E-state index < -0.39 is 0 Å². The van der Waals surface area contributed by atoms with Gasteiger partial charge in [0.2, 0.25) is 12.7 Å². The number of nitrogens with zero attached hydrogens (tertiary/aromatic N) is 3. The number of ether oxygens (including phenoxy) is 3. The number of benzene rings is 1. The molecule has 3 aliphatic heterocycles. The van der Waals surface area contributed by atoms with Gasteiger partial charge in [-0.3, -0.25) is 14.6 Å². The van der Waals surface area contributed by atoms with Crippen molar-refractivity contribution in [3.8, 4) is 11.5 Å². The van der Waals surface area contributed by atoms with Crippen LogP contribution in [-0.2, 0) is 9.53 Å². The number of hydrogen-bond acceptors (Lipinski definition) is 6. The highest BCUT2D eigenvalue weighted by molar-refractivity contribution is 5.96. The van der Waals surface area contributed by atoms with Crippen LogP contribution in [0, 0.1) is 0 Å². The predicted octanol–water partition coefficient (Wildman–Crippen LogP) is 0.496. The Kier molecular flexibility index (Phi) is 5.82. The van der Waals surface area contributed by atoms with Crippen molar-refractivity contribution < 1.29 is 23.8 Å². The van der Waals surface area contributed by atoms with Gasteiger partial charge in [-0.05, 0) is 25.1 Å². The minimum Gasteiger partial charge on any atom is -0.454 e. The molecule has 9 nitrogen and oxygen atoms in total. The van der Waals surface area contributed by atoms with Crippen LogP contribution in [0.25, 0.3) is 0 Å². The Balaban J connectivity index is 1.21. The topological polar surface area (TPSA) is 83.6 Å². The summed E-state index contributed by atoms with van der Waals surface area (Å²) < 4.78 is 16.0. The van der Waals surface area contributed by atoms with Crippen molar-refractivity contribution in [1.29, 1.82) is 0 Å². The summed E-state index contributed by atoms with van der Waals surface area (Å²) in [4.78, 5) is 30.4. The lowest BCUT2D eigenvalue weighted by molar-refractivity contribution is -0.121. The van der Waals surface area contributed by atoms with Gasteiger partial charge in [0.15, 0.2) is 11.5 Å². The Morgan fingerprint density at radius 2 is 1.89 bits per heavy atom. The van der Waals surface area contributed by atoms with E-state index in [1.807, 2.05) is 6.07 Å². The normalized spacial score (nSPS) is 19.4. The fourth-order valence-electron chi connectivity index (χ4n) is 3.61. The quantitative estimate of drug-likeness (QED) is 0.683.